The summed E-state index contributed by atoms with van der Waals surface area (Å²) in [6.45, 7) is 1.74. The number of aryl methyl sites for hydroxylation is 1. The predicted molar refractivity (Wildman–Crippen MR) is 98.6 cm³/mol. The highest BCUT2D eigenvalue weighted by Gasteiger charge is 2.16. The highest BCUT2D eigenvalue weighted by Crippen LogP contribution is 2.32. The number of nitrogens with one attached hydrogen (secondary N) is 2. The molecule has 1 aliphatic heterocycles. The van der Waals surface area contributed by atoms with Crippen LogP contribution in [0.2, 0.25) is 0 Å². The van der Waals surface area contributed by atoms with Crippen molar-refractivity contribution in [1.82, 2.24) is 10.6 Å². The number of benzene rings is 2. The molecule has 6 nitrogen and oxygen atoms in total. The van der Waals surface area contributed by atoms with Gasteiger partial charge in [-0.2, -0.15) is 0 Å². The van der Waals surface area contributed by atoms with E-state index >= 15 is 0 Å². The van der Waals surface area contributed by atoms with E-state index in [1.165, 1.54) is 5.56 Å². The molecule has 2 aromatic carbocycles. The molecule has 0 saturated carbocycles. The number of ether oxygens (including phenoxy) is 2. The third-order valence-corrected chi connectivity index (χ3v) is 4.18. The minimum atomic E-state index is -0.805. The molecule has 2 amide bonds. The van der Waals surface area contributed by atoms with E-state index < -0.39 is 6.10 Å². The first-order valence-electron chi connectivity index (χ1n) is 8.85. The molecule has 3 rings (SSSR count). The predicted octanol–water partition coefficient (Wildman–Crippen LogP) is 2.42. The Balaban J connectivity index is 1.37. The van der Waals surface area contributed by atoms with Crippen LogP contribution in [-0.4, -0.2) is 37.4 Å². The van der Waals surface area contributed by atoms with Crippen LogP contribution >= 0.6 is 0 Å². The highest BCUT2D eigenvalue weighted by atomic mass is 16.6. The summed E-state index contributed by atoms with van der Waals surface area (Å²) in [4.78, 5) is 11.8. The van der Waals surface area contributed by atoms with Gasteiger partial charge in [0.15, 0.2) is 11.5 Å². The molecule has 0 fully saturated rings. The molecular formula is C20H24N2O4. The zero-order valence-electron chi connectivity index (χ0n) is 14.6. The molecule has 0 spiro atoms. The Hall–Kier alpha value is -2.73. The Morgan fingerprint density at radius 2 is 1.81 bits per heavy atom. The monoisotopic (exact) mass is 356 g/mol. The van der Waals surface area contributed by atoms with Crippen molar-refractivity contribution in [2.75, 3.05) is 26.3 Å². The van der Waals surface area contributed by atoms with Gasteiger partial charge >= 0.3 is 6.03 Å². The lowest BCUT2D eigenvalue weighted by atomic mass is 10.1. The number of carbonyl (C=O) groups excluding carboxylic acids is 1. The second-order valence-corrected chi connectivity index (χ2v) is 6.14. The van der Waals surface area contributed by atoms with Crippen molar-refractivity contribution < 1.29 is 19.4 Å². The number of amides is 2. The molecule has 1 atom stereocenters. The van der Waals surface area contributed by atoms with Crippen LogP contribution in [0, 0.1) is 0 Å². The molecule has 6 heteroatoms. The Morgan fingerprint density at radius 3 is 2.62 bits per heavy atom. The van der Waals surface area contributed by atoms with Crippen LogP contribution in [0.1, 0.15) is 23.7 Å². The van der Waals surface area contributed by atoms with E-state index in [-0.39, 0.29) is 12.6 Å². The molecule has 138 valence electrons. The Labute approximate surface area is 153 Å². The van der Waals surface area contributed by atoms with Crippen LogP contribution in [0.25, 0.3) is 0 Å². The van der Waals surface area contributed by atoms with Gasteiger partial charge in [0, 0.05) is 13.1 Å². The van der Waals surface area contributed by atoms with Gasteiger partial charge in [-0.05, 0) is 36.1 Å². The van der Waals surface area contributed by atoms with Crippen molar-refractivity contribution in [3.05, 3.63) is 59.7 Å². The van der Waals surface area contributed by atoms with Gasteiger partial charge < -0.3 is 25.2 Å². The van der Waals surface area contributed by atoms with E-state index in [2.05, 4.69) is 22.8 Å². The van der Waals surface area contributed by atoms with E-state index in [4.69, 9.17) is 9.47 Å². The number of urea groups is 1. The standard InChI is InChI=1S/C20H24N2O4/c23-17(16-8-9-18-19(13-16)26-12-11-25-18)14-22-20(24)21-10-4-7-15-5-2-1-3-6-15/h1-3,5-6,8-9,13,17,23H,4,7,10-12,14H2,(H2,21,22,24). The van der Waals surface area contributed by atoms with Gasteiger partial charge in [0.05, 0.1) is 6.10 Å². The fourth-order valence-electron chi connectivity index (χ4n) is 2.78. The fraction of sp³-hybridized carbons (Fsp3) is 0.350. The Kier molecular flexibility index (Phi) is 6.33. The van der Waals surface area contributed by atoms with E-state index in [1.54, 1.807) is 18.2 Å². The molecule has 0 aromatic heterocycles. The quantitative estimate of drug-likeness (QED) is 0.666. The Bertz CT molecular complexity index is 721. The van der Waals surface area contributed by atoms with Gasteiger partial charge in [-0.1, -0.05) is 36.4 Å². The molecule has 0 aliphatic carbocycles. The fourth-order valence-corrected chi connectivity index (χ4v) is 2.78. The topological polar surface area (TPSA) is 79.8 Å². The minimum Gasteiger partial charge on any atom is -0.486 e. The summed E-state index contributed by atoms with van der Waals surface area (Å²) in [5.74, 6) is 1.30. The third-order valence-electron chi connectivity index (χ3n) is 4.18. The second kappa shape index (κ2) is 9.10. The maximum absolute atomic E-state index is 11.8. The van der Waals surface area contributed by atoms with E-state index in [0.29, 0.717) is 36.8 Å². The summed E-state index contributed by atoms with van der Waals surface area (Å²) < 4.78 is 11.0. The van der Waals surface area contributed by atoms with Crippen LogP contribution in [-0.2, 0) is 6.42 Å². The average Bonchev–Trinajstić information content (AvgIpc) is 2.70. The van der Waals surface area contributed by atoms with E-state index in [0.717, 1.165) is 12.8 Å². The van der Waals surface area contributed by atoms with Crippen LogP contribution < -0.4 is 20.1 Å². The summed E-state index contributed by atoms with van der Waals surface area (Å²) >= 11 is 0. The number of rotatable bonds is 7. The van der Waals surface area contributed by atoms with E-state index in [9.17, 15) is 9.90 Å². The van der Waals surface area contributed by atoms with Crippen molar-refractivity contribution in [3.8, 4) is 11.5 Å². The summed E-state index contributed by atoms with van der Waals surface area (Å²) in [5.41, 5.74) is 1.93. The zero-order valence-corrected chi connectivity index (χ0v) is 14.6. The summed E-state index contributed by atoms with van der Waals surface area (Å²) in [7, 11) is 0. The maximum atomic E-state index is 11.8. The normalized spacial score (nSPS) is 13.7. The maximum Gasteiger partial charge on any atom is 0.314 e. The van der Waals surface area contributed by atoms with Crippen molar-refractivity contribution in [1.29, 1.82) is 0 Å². The number of hydrogen-bond acceptors (Lipinski definition) is 4. The molecule has 2 aromatic rings. The van der Waals surface area contributed by atoms with Gasteiger partial charge in [0.1, 0.15) is 13.2 Å². The second-order valence-electron chi connectivity index (χ2n) is 6.14. The third kappa shape index (κ3) is 5.13. The van der Waals surface area contributed by atoms with Gasteiger partial charge in [0.2, 0.25) is 0 Å². The van der Waals surface area contributed by atoms with Crippen molar-refractivity contribution in [3.63, 3.8) is 0 Å². The van der Waals surface area contributed by atoms with Crippen LogP contribution in [0.5, 0.6) is 11.5 Å². The molecule has 0 saturated heterocycles. The molecule has 0 radical (unpaired) electrons. The molecule has 1 heterocycles. The average molecular weight is 356 g/mol. The number of hydrogen-bond donors (Lipinski definition) is 3. The van der Waals surface area contributed by atoms with Crippen LogP contribution in [0.15, 0.2) is 48.5 Å². The van der Waals surface area contributed by atoms with Gasteiger partial charge in [-0.25, -0.2) is 4.79 Å². The summed E-state index contributed by atoms with van der Waals surface area (Å²) in [6.07, 6.45) is 0.976. The summed E-state index contributed by atoms with van der Waals surface area (Å²) in [5, 5.41) is 15.7. The summed E-state index contributed by atoms with van der Waals surface area (Å²) in [6, 6.07) is 15.2. The molecule has 1 unspecified atom stereocenters. The largest absolute Gasteiger partial charge is 0.486 e. The lowest BCUT2D eigenvalue weighted by Gasteiger charge is -2.20. The highest BCUT2D eigenvalue weighted by molar-refractivity contribution is 5.73. The zero-order chi connectivity index (χ0) is 18.2. The molecular weight excluding hydrogens is 332 g/mol. The number of aliphatic hydroxyl groups excluding tert-OH is 1. The smallest absolute Gasteiger partial charge is 0.314 e. The molecule has 0 bridgehead atoms. The molecule has 1 aliphatic rings. The van der Waals surface area contributed by atoms with Gasteiger partial charge in [0.25, 0.3) is 0 Å². The number of aliphatic hydroxyl groups is 1. The van der Waals surface area contributed by atoms with Gasteiger partial charge in [-0.15, -0.1) is 0 Å². The van der Waals surface area contributed by atoms with Crippen molar-refractivity contribution in [2.24, 2.45) is 0 Å². The molecule has 26 heavy (non-hydrogen) atoms. The Morgan fingerprint density at radius 1 is 1.04 bits per heavy atom. The first kappa shape index (κ1) is 18.1. The minimum absolute atomic E-state index is 0.129. The van der Waals surface area contributed by atoms with Crippen molar-refractivity contribution in [2.45, 2.75) is 18.9 Å². The lowest BCUT2D eigenvalue weighted by molar-refractivity contribution is 0.163. The molecule has 3 N–H and O–H groups in total. The first-order valence-corrected chi connectivity index (χ1v) is 8.85. The van der Waals surface area contributed by atoms with Crippen molar-refractivity contribution >= 4 is 6.03 Å². The van der Waals surface area contributed by atoms with Gasteiger partial charge in [-0.3, -0.25) is 0 Å². The number of fused-ring (bicyclic) bond motifs is 1. The first-order chi connectivity index (χ1) is 12.7. The van der Waals surface area contributed by atoms with Crippen LogP contribution in [0.3, 0.4) is 0 Å². The lowest BCUT2D eigenvalue weighted by Crippen LogP contribution is -2.38. The number of carbonyl (C=O) groups is 1. The van der Waals surface area contributed by atoms with E-state index in [1.807, 2.05) is 18.2 Å². The van der Waals surface area contributed by atoms with Crippen LogP contribution in [0.4, 0.5) is 4.79 Å². The SMILES string of the molecule is O=C(NCCCc1ccccc1)NCC(O)c1ccc2c(c1)OCCO2.